The van der Waals surface area contributed by atoms with Gasteiger partial charge in [-0.25, -0.2) is 13.6 Å². The van der Waals surface area contributed by atoms with Gasteiger partial charge in [-0.05, 0) is 23.8 Å². The molecule has 0 saturated heterocycles. The molecule has 0 heterocycles. The summed E-state index contributed by atoms with van der Waals surface area (Å²) < 4.78 is 21.8. The van der Waals surface area contributed by atoms with Crippen LogP contribution >= 0.6 is 11.6 Å². The molecule has 0 aliphatic heterocycles. The Morgan fingerprint density at radius 2 is 2.00 bits per heavy atom. The summed E-state index contributed by atoms with van der Waals surface area (Å²) in [5.41, 5.74) is 5.91. The molecule has 4 N–H and O–H groups in total. The van der Waals surface area contributed by atoms with Crippen LogP contribution < -0.4 is 10.9 Å². The highest BCUT2D eigenvalue weighted by Crippen LogP contribution is 2.18. The Labute approximate surface area is 81.5 Å². The Kier molecular flexibility index (Phi) is 2.92. The van der Waals surface area contributed by atoms with E-state index in [4.69, 9.17) is 22.5 Å². The van der Waals surface area contributed by atoms with Gasteiger partial charge in [0.2, 0.25) is 10.0 Å². The van der Waals surface area contributed by atoms with E-state index in [-0.39, 0.29) is 11.4 Å². The van der Waals surface area contributed by atoms with Crippen molar-refractivity contribution in [2.75, 3.05) is 0 Å². The third-order valence-electron chi connectivity index (χ3n) is 1.57. The second kappa shape index (κ2) is 3.63. The molecular formula is C7H9ClN2O2S. The highest BCUT2D eigenvalue weighted by molar-refractivity contribution is 7.89. The van der Waals surface area contributed by atoms with E-state index in [0.717, 1.165) is 0 Å². The van der Waals surface area contributed by atoms with E-state index < -0.39 is 10.0 Å². The highest BCUT2D eigenvalue weighted by atomic mass is 35.5. The summed E-state index contributed by atoms with van der Waals surface area (Å²) in [6.45, 7) is 0.183. The predicted molar refractivity (Wildman–Crippen MR) is 50.7 cm³/mol. The number of nitrogens with two attached hydrogens (primary N) is 2. The molecule has 0 atom stereocenters. The maximum absolute atomic E-state index is 10.9. The minimum absolute atomic E-state index is 0.0253. The van der Waals surface area contributed by atoms with Crippen molar-refractivity contribution in [1.82, 2.24) is 0 Å². The minimum atomic E-state index is -3.67. The zero-order valence-electron chi connectivity index (χ0n) is 6.70. The average Bonchev–Trinajstić information content (AvgIpc) is 2.03. The van der Waals surface area contributed by atoms with Crippen LogP contribution in [0.4, 0.5) is 0 Å². The van der Waals surface area contributed by atoms with Crippen molar-refractivity contribution in [1.29, 1.82) is 0 Å². The van der Waals surface area contributed by atoms with Crippen LogP contribution in [0.25, 0.3) is 0 Å². The largest absolute Gasteiger partial charge is 0.326 e. The van der Waals surface area contributed by atoms with Crippen LogP contribution in [-0.4, -0.2) is 8.42 Å². The molecule has 1 aromatic rings. The first-order chi connectivity index (χ1) is 5.95. The molecule has 1 aromatic carbocycles. The molecule has 0 unspecified atom stereocenters. The van der Waals surface area contributed by atoms with Gasteiger partial charge in [0, 0.05) is 11.6 Å². The standard InChI is InChI=1S/C7H9ClN2O2S/c8-7-2-1-6(13(10,11)12)3-5(7)4-9/h1-3H,4,9H2,(H2,10,11,12). The summed E-state index contributed by atoms with van der Waals surface area (Å²) in [6, 6.07) is 4.18. The van der Waals surface area contributed by atoms with Crippen LogP contribution in [-0.2, 0) is 16.6 Å². The molecule has 0 bridgehead atoms. The molecule has 0 radical (unpaired) electrons. The topological polar surface area (TPSA) is 86.2 Å². The molecule has 4 nitrogen and oxygen atoms in total. The summed E-state index contributed by atoms with van der Waals surface area (Å²) >= 11 is 5.73. The number of rotatable bonds is 2. The third kappa shape index (κ3) is 2.41. The SMILES string of the molecule is NCc1cc(S(N)(=O)=O)ccc1Cl. The summed E-state index contributed by atoms with van der Waals surface area (Å²) in [5.74, 6) is 0. The smallest absolute Gasteiger partial charge is 0.238 e. The fourth-order valence-corrected chi connectivity index (χ4v) is 1.64. The van der Waals surface area contributed by atoms with Gasteiger partial charge < -0.3 is 5.73 Å². The number of benzene rings is 1. The summed E-state index contributed by atoms with van der Waals surface area (Å²) in [5, 5.41) is 5.36. The normalized spacial score (nSPS) is 11.6. The Bertz CT molecular complexity index is 417. The zero-order valence-corrected chi connectivity index (χ0v) is 8.27. The first kappa shape index (κ1) is 10.5. The van der Waals surface area contributed by atoms with Crippen molar-refractivity contribution in [2.24, 2.45) is 10.9 Å². The van der Waals surface area contributed by atoms with Gasteiger partial charge in [0.15, 0.2) is 0 Å². The third-order valence-corrected chi connectivity index (χ3v) is 2.85. The lowest BCUT2D eigenvalue weighted by Gasteiger charge is -2.03. The van der Waals surface area contributed by atoms with Gasteiger partial charge in [0.05, 0.1) is 4.90 Å². The molecule has 0 fully saturated rings. The maximum atomic E-state index is 10.9. The molecule has 0 spiro atoms. The van der Waals surface area contributed by atoms with Crippen molar-refractivity contribution < 1.29 is 8.42 Å². The fourth-order valence-electron chi connectivity index (χ4n) is 0.885. The van der Waals surface area contributed by atoms with E-state index in [9.17, 15) is 8.42 Å². The van der Waals surface area contributed by atoms with Gasteiger partial charge in [-0.15, -0.1) is 0 Å². The number of primary sulfonamides is 1. The molecule has 13 heavy (non-hydrogen) atoms. The predicted octanol–water partition coefficient (Wildman–Crippen LogP) is 0.446. The van der Waals surface area contributed by atoms with Crippen LogP contribution in [0.5, 0.6) is 0 Å². The Balaban J connectivity index is 3.30. The van der Waals surface area contributed by atoms with Crippen LogP contribution in [0.2, 0.25) is 5.02 Å². The Hall–Kier alpha value is -0.620. The van der Waals surface area contributed by atoms with Crippen LogP contribution in [0.1, 0.15) is 5.56 Å². The van der Waals surface area contributed by atoms with E-state index >= 15 is 0 Å². The van der Waals surface area contributed by atoms with E-state index in [2.05, 4.69) is 0 Å². The van der Waals surface area contributed by atoms with Crippen molar-refractivity contribution in [3.8, 4) is 0 Å². The van der Waals surface area contributed by atoms with E-state index in [1.165, 1.54) is 18.2 Å². The van der Waals surface area contributed by atoms with Crippen molar-refractivity contribution in [3.63, 3.8) is 0 Å². The highest BCUT2D eigenvalue weighted by Gasteiger charge is 2.09. The van der Waals surface area contributed by atoms with E-state index in [1.54, 1.807) is 0 Å². The van der Waals surface area contributed by atoms with Crippen LogP contribution in [0.15, 0.2) is 23.1 Å². The first-order valence-electron chi connectivity index (χ1n) is 3.46. The molecule has 6 heteroatoms. The lowest BCUT2D eigenvalue weighted by Crippen LogP contribution is -2.12. The molecule has 0 saturated carbocycles. The summed E-state index contributed by atoms with van der Waals surface area (Å²) in [6.07, 6.45) is 0. The number of halogens is 1. The van der Waals surface area contributed by atoms with Gasteiger partial charge in [0.1, 0.15) is 0 Å². The van der Waals surface area contributed by atoms with Gasteiger partial charge in [-0.1, -0.05) is 11.6 Å². The lowest BCUT2D eigenvalue weighted by molar-refractivity contribution is 0.597. The minimum Gasteiger partial charge on any atom is -0.326 e. The molecule has 0 aliphatic carbocycles. The van der Waals surface area contributed by atoms with Gasteiger partial charge in [-0.2, -0.15) is 0 Å². The van der Waals surface area contributed by atoms with Crippen LogP contribution in [0, 0.1) is 0 Å². The van der Waals surface area contributed by atoms with E-state index in [0.29, 0.717) is 10.6 Å². The van der Waals surface area contributed by atoms with Crippen LogP contribution in [0.3, 0.4) is 0 Å². The first-order valence-corrected chi connectivity index (χ1v) is 5.39. The lowest BCUT2D eigenvalue weighted by atomic mass is 10.2. The second-order valence-electron chi connectivity index (χ2n) is 2.50. The van der Waals surface area contributed by atoms with E-state index in [1.807, 2.05) is 0 Å². The van der Waals surface area contributed by atoms with Gasteiger partial charge in [0.25, 0.3) is 0 Å². The number of hydrogen-bond acceptors (Lipinski definition) is 3. The van der Waals surface area contributed by atoms with Gasteiger partial charge >= 0.3 is 0 Å². The molecule has 1 rings (SSSR count). The Morgan fingerprint density at radius 3 is 2.46 bits per heavy atom. The summed E-state index contributed by atoms with van der Waals surface area (Å²) in [7, 11) is -3.67. The molecular weight excluding hydrogens is 212 g/mol. The molecule has 0 aliphatic rings. The van der Waals surface area contributed by atoms with Crippen molar-refractivity contribution in [2.45, 2.75) is 11.4 Å². The molecule has 72 valence electrons. The number of sulfonamides is 1. The second-order valence-corrected chi connectivity index (χ2v) is 4.47. The zero-order chi connectivity index (χ0) is 10.1. The monoisotopic (exact) mass is 220 g/mol. The average molecular weight is 221 g/mol. The Morgan fingerprint density at radius 1 is 1.38 bits per heavy atom. The van der Waals surface area contributed by atoms with Crippen molar-refractivity contribution in [3.05, 3.63) is 28.8 Å². The number of hydrogen-bond donors (Lipinski definition) is 2. The summed E-state index contributed by atoms with van der Waals surface area (Å²) in [4.78, 5) is 0.0253. The molecule has 0 aromatic heterocycles. The quantitative estimate of drug-likeness (QED) is 0.759. The maximum Gasteiger partial charge on any atom is 0.238 e. The van der Waals surface area contributed by atoms with Gasteiger partial charge in [-0.3, -0.25) is 0 Å². The molecule has 0 amide bonds. The fraction of sp³-hybridized carbons (Fsp3) is 0.143. The van der Waals surface area contributed by atoms with Crippen molar-refractivity contribution >= 4 is 21.6 Å².